The number of carbonyl (C=O) groups excluding carboxylic acids is 2. The molecule has 2 rings (SSSR count). The molecule has 0 aliphatic carbocycles. The van der Waals surface area contributed by atoms with Crippen molar-refractivity contribution in [1.82, 2.24) is 5.32 Å². The zero-order valence-electron chi connectivity index (χ0n) is 14.2. The summed E-state index contributed by atoms with van der Waals surface area (Å²) in [6.07, 6.45) is 2.89. The summed E-state index contributed by atoms with van der Waals surface area (Å²) < 4.78 is 15.8. The smallest absolute Gasteiger partial charge is 0.331 e. The zero-order valence-corrected chi connectivity index (χ0v) is 14.2. The fraction of sp³-hybridized carbons (Fsp3) is 0.444. The van der Waals surface area contributed by atoms with Gasteiger partial charge in [0.2, 0.25) is 0 Å². The summed E-state index contributed by atoms with van der Waals surface area (Å²) in [5, 5.41) is 2.77. The highest BCUT2D eigenvalue weighted by molar-refractivity contribution is 5.89. The Morgan fingerprint density at radius 3 is 2.62 bits per heavy atom. The fourth-order valence-electron chi connectivity index (χ4n) is 1.97. The number of hydrogen-bond acceptors (Lipinski definition) is 5. The highest BCUT2D eigenvalue weighted by atomic mass is 16.6. The van der Waals surface area contributed by atoms with Gasteiger partial charge in [-0.2, -0.15) is 0 Å². The summed E-state index contributed by atoms with van der Waals surface area (Å²) >= 11 is 0. The predicted octanol–water partition coefficient (Wildman–Crippen LogP) is 2.17. The predicted molar refractivity (Wildman–Crippen MR) is 89.9 cm³/mol. The third-order valence-electron chi connectivity index (χ3n) is 3.71. The lowest BCUT2D eigenvalue weighted by Crippen LogP contribution is -2.38. The molecule has 0 unspecified atom stereocenters. The van der Waals surface area contributed by atoms with Crippen LogP contribution in [0.25, 0.3) is 6.08 Å². The van der Waals surface area contributed by atoms with Gasteiger partial charge in [0.15, 0.2) is 18.1 Å². The van der Waals surface area contributed by atoms with Crippen LogP contribution in [-0.4, -0.2) is 37.7 Å². The normalized spacial score (nSPS) is 14.5. The van der Waals surface area contributed by atoms with E-state index >= 15 is 0 Å². The number of rotatable bonds is 6. The van der Waals surface area contributed by atoms with Crippen molar-refractivity contribution in [2.75, 3.05) is 19.8 Å². The Morgan fingerprint density at radius 1 is 1.21 bits per heavy atom. The number of nitrogens with one attached hydrogen (secondary N) is 1. The summed E-state index contributed by atoms with van der Waals surface area (Å²) in [5.74, 6) is 0.782. The SMILES string of the molecule is CC(C)[C@H](C)NC(=O)COC(=O)/C=C/c1ccc2c(c1)OCCO2. The van der Waals surface area contributed by atoms with Crippen molar-refractivity contribution in [3.63, 3.8) is 0 Å². The number of fused-ring (bicyclic) bond motifs is 1. The van der Waals surface area contributed by atoms with Crippen LogP contribution in [0, 0.1) is 5.92 Å². The number of amides is 1. The average Bonchev–Trinajstić information content (AvgIpc) is 2.57. The summed E-state index contributed by atoms with van der Waals surface area (Å²) in [7, 11) is 0. The summed E-state index contributed by atoms with van der Waals surface area (Å²) in [6.45, 7) is 6.67. The summed E-state index contributed by atoms with van der Waals surface area (Å²) in [6, 6.07) is 5.42. The van der Waals surface area contributed by atoms with Crippen LogP contribution in [0.15, 0.2) is 24.3 Å². The van der Waals surface area contributed by atoms with Gasteiger partial charge in [-0.25, -0.2) is 4.79 Å². The van der Waals surface area contributed by atoms with Crippen molar-refractivity contribution in [2.24, 2.45) is 5.92 Å². The maximum atomic E-state index is 11.7. The first kappa shape index (κ1) is 17.8. The standard InChI is InChI=1S/C18H23NO5/c1-12(2)13(3)19-17(20)11-24-18(21)7-5-14-4-6-15-16(10-14)23-9-8-22-15/h4-7,10,12-13H,8-9,11H2,1-3H3,(H,19,20)/b7-5+/t13-/m0/s1. The lowest BCUT2D eigenvalue weighted by molar-refractivity contribution is -0.144. The van der Waals surface area contributed by atoms with Crippen LogP contribution in [0.4, 0.5) is 0 Å². The van der Waals surface area contributed by atoms with Gasteiger partial charge in [-0.15, -0.1) is 0 Å². The third-order valence-corrected chi connectivity index (χ3v) is 3.71. The van der Waals surface area contributed by atoms with Gasteiger partial charge in [0.25, 0.3) is 5.91 Å². The molecule has 6 nitrogen and oxygen atoms in total. The quantitative estimate of drug-likeness (QED) is 0.638. The van der Waals surface area contributed by atoms with Gasteiger partial charge in [0.05, 0.1) is 0 Å². The molecule has 1 atom stereocenters. The Kier molecular flexibility index (Phi) is 6.23. The molecule has 0 spiro atoms. The van der Waals surface area contributed by atoms with Crippen LogP contribution in [0.1, 0.15) is 26.3 Å². The molecule has 6 heteroatoms. The van der Waals surface area contributed by atoms with Crippen LogP contribution in [0.2, 0.25) is 0 Å². The Morgan fingerprint density at radius 2 is 1.92 bits per heavy atom. The first-order chi connectivity index (χ1) is 11.5. The van der Waals surface area contributed by atoms with Gasteiger partial charge < -0.3 is 19.5 Å². The van der Waals surface area contributed by atoms with Crippen molar-refractivity contribution >= 4 is 18.0 Å². The van der Waals surface area contributed by atoms with Gasteiger partial charge in [0.1, 0.15) is 13.2 Å². The average molecular weight is 333 g/mol. The van der Waals surface area contributed by atoms with E-state index in [0.29, 0.717) is 30.6 Å². The highest BCUT2D eigenvalue weighted by Gasteiger charge is 2.12. The van der Waals surface area contributed by atoms with Gasteiger partial charge in [-0.3, -0.25) is 4.79 Å². The van der Waals surface area contributed by atoms with E-state index in [1.54, 1.807) is 18.2 Å². The molecule has 1 aromatic rings. The zero-order chi connectivity index (χ0) is 17.5. The second kappa shape index (κ2) is 8.38. The summed E-state index contributed by atoms with van der Waals surface area (Å²) in [5.41, 5.74) is 0.786. The molecule has 0 radical (unpaired) electrons. The number of carbonyl (C=O) groups is 2. The van der Waals surface area contributed by atoms with E-state index in [4.69, 9.17) is 14.2 Å². The molecule has 1 aromatic carbocycles. The number of hydrogen-bond donors (Lipinski definition) is 1. The molecule has 0 bridgehead atoms. The van der Waals surface area contributed by atoms with Gasteiger partial charge >= 0.3 is 5.97 Å². The topological polar surface area (TPSA) is 73.9 Å². The second-order valence-corrected chi connectivity index (χ2v) is 5.94. The van der Waals surface area contributed by atoms with Crippen molar-refractivity contribution in [1.29, 1.82) is 0 Å². The van der Waals surface area contributed by atoms with Crippen molar-refractivity contribution in [2.45, 2.75) is 26.8 Å². The van der Waals surface area contributed by atoms with Crippen LogP contribution in [0.3, 0.4) is 0 Å². The monoisotopic (exact) mass is 333 g/mol. The van der Waals surface area contributed by atoms with Crippen molar-refractivity contribution in [3.8, 4) is 11.5 Å². The Balaban J connectivity index is 1.81. The van der Waals surface area contributed by atoms with Crippen molar-refractivity contribution in [3.05, 3.63) is 29.8 Å². The lowest BCUT2D eigenvalue weighted by atomic mass is 10.1. The largest absolute Gasteiger partial charge is 0.486 e. The van der Waals surface area contributed by atoms with Crippen LogP contribution >= 0.6 is 0 Å². The van der Waals surface area contributed by atoms with Gasteiger partial charge in [-0.1, -0.05) is 19.9 Å². The van der Waals surface area contributed by atoms with E-state index in [-0.39, 0.29) is 18.6 Å². The Bertz CT molecular complexity index is 624. The van der Waals surface area contributed by atoms with Gasteiger partial charge in [0, 0.05) is 12.1 Å². The van der Waals surface area contributed by atoms with Crippen LogP contribution < -0.4 is 14.8 Å². The van der Waals surface area contributed by atoms with Gasteiger partial charge in [-0.05, 0) is 36.6 Å². The minimum atomic E-state index is -0.572. The summed E-state index contributed by atoms with van der Waals surface area (Å²) in [4.78, 5) is 23.3. The molecule has 1 N–H and O–H groups in total. The van der Waals surface area contributed by atoms with E-state index in [2.05, 4.69) is 5.32 Å². The van der Waals surface area contributed by atoms with E-state index in [1.807, 2.05) is 26.8 Å². The van der Waals surface area contributed by atoms with E-state index in [0.717, 1.165) is 5.56 Å². The number of benzene rings is 1. The Labute approximate surface area is 141 Å². The first-order valence-corrected chi connectivity index (χ1v) is 7.99. The number of ether oxygens (including phenoxy) is 3. The minimum Gasteiger partial charge on any atom is -0.486 e. The van der Waals surface area contributed by atoms with Crippen LogP contribution in [-0.2, 0) is 14.3 Å². The molecule has 0 fully saturated rings. The molecule has 0 aromatic heterocycles. The molecule has 1 aliphatic heterocycles. The van der Waals surface area contributed by atoms with Crippen molar-refractivity contribution < 1.29 is 23.8 Å². The maximum Gasteiger partial charge on any atom is 0.331 e. The fourth-order valence-corrected chi connectivity index (χ4v) is 1.97. The molecule has 1 amide bonds. The minimum absolute atomic E-state index is 0.0319. The third kappa shape index (κ3) is 5.30. The van der Waals surface area contributed by atoms with E-state index in [9.17, 15) is 9.59 Å². The molecular weight excluding hydrogens is 310 g/mol. The molecule has 0 saturated heterocycles. The molecule has 0 saturated carbocycles. The van der Waals surface area contributed by atoms with E-state index < -0.39 is 5.97 Å². The van der Waals surface area contributed by atoms with Crippen LogP contribution in [0.5, 0.6) is 11.5 Å². The molecular formula is C18H23NO5. The second-order valence-electron chi connectivity index (χ2n) is 5.94. The Hall–Kier alpha value is -2.50. The molecule has 1 aliphatic rings. The highest BCUT2D eigenvalue weighted by Crippen LogP contribution is 2.31. The molecule has 130 valence electrons. The molecule has 1 heterocycles. The first-order valence-electron chi connectivity index (χ1n) is 7.99. The van der Waals surface area contributed by atoms with E-state index in [1.165, 1.54) is 6.08 Å². The number of esters is 1. The lowest BCUT2D eigenvalue weighted by Gasteiger charge is -2.18. The molecule has 24 heavy (non-hydrogen) atoms. The maximum absolute atomic E-state index is 11.7.